The summed E-state index contributed by atoms with van der Waals surface area (Å²) in [5, 5.41) is 0. The van der Waals surface area contributed by atoms with E-state index in [9.17, 15) is 0 Å². The zero-order valence-corrected chi connectivity index (χ0v) is 9.41. The Morgan fingerprint density at radius 1 is 1.41 bits per heavy atom. The summed E-state index contributed by atoms with van der Waals surface area (Å²) in [6, 6.07) is 4.12. The maximum atomic E-state index is 5.90. The Bertz CT molecular complexity index is 497. The number of hydrogen-bond donors (Lipinski definition) is 1. The van der Waals surface area contributed by atoms with Crippen molar-refractivity contribution >= 4 is 5.82 Å². The molecule has 3 heterocycles. The second-order valence-electron chi connectivity index (χ2n) is 4.27. The van der Waals surface area contributed by atoms with Crippen LogP contribution in [0.15, 0.2) is 35.4 Å². The van der Waals surface area contributed by atoms with Gasteiger partial charge in [-0.3, -0.25) is 0 Å². The predicted molar refractivity (Wildman–Crippen MR) is 64.5 cm³/mol. The first-order valence-corrected chi connectivity index (χ1v) is 5.68. The fraction of sp³-hybridized carbons (Fsp3) is 0.333. The van der Waals surface area contributed by atoms with Crippen molar-refractivity contribution in [2.75, 3.05) is 18.0 Å². The molecule has 5 nitrogen and oxygen atoms in total. The van der Waals surface area contributed by atoms with Gasteiger partial charge in [-0.2, -0.15) is 0 Å². The SMILES string of the molecule is NC1CCN(c2cc(-c3ccoc3)ncn2)C1. The minimum atomic E-state index is 0.252. The summed E-state index contributed by atoms with van der Waals surface area (Å²) in [4.78, 5) is 10.7. The Labute approximate surface area is 99.3 Å². The van der Waals surface area contributed by atoms with Gasteiger partial charge in [-0.1, -0.05) is 0 Å². The fourth-order valence-corrected chi connectivity index (χ4v) is 2.08. The summed E-state index contributed by atoms with van der Waals surface area (Å²) in [6.07, 6.45) is 5.93. The van der Waals surface area contributed by atoms with Crippen LogP contribution in [0, 0.1) is 0 Å². The van der Waals surface area contributed by atoms with Gasteiger partial charge in [0.25, 0.3) is 0 Å². The van der Waals surface area contributed by atoms with E-state index < -0.39 is 0 Å². The van der Waals surface area contributed by atoms with Crippen LogP contribution >= 0.6 is 0 Å². The Morgan fingerprint density at radius 3 is 3.06 bits per heavy atom. The summed E-state index contributed by atoms with van der Waals surface area (Å²) in [7, 11) is 0. The molecule has 2 N–H and O–H groups in total. The van der Waals surface area contributed by atoms with Crippen LogP contribution in [-0.4, -0.2) is 29.1 Å². The number of rotatable bonds is 2. The van der Waals surface area contributed by atoms with Crippen LogP contribution in [0.25, 0.3) is 11.3 Å². The number of furan rings is 1. The second kappa shape index (κ2) is 4.18. The van der Waals surface area contributed by atoms with Crippen LogP contribution in [-0.2, 0) is 0 Å². The zero-order valence-electron chi connectivity index (χ0n) is 9.41. The standard InChI is InChI=1S/C12H14N4O/c13-10-1-3-16(6-10)12-5-11(14-8-15-12)9-2-4-17-7-9/h2,4-5,7-8,10H,1,3,6,13H2. The molecular formula is C12H14N4O. The summed E-state index contributed by atoms with van der Waals surface area (Å²) in [5.74, 6) is 0.934. The quantitative estimate of drug-likeness (QED) is 0.841. The third-order valence-electron chi connectivity index (χ3n) is 3.02. The van der Waals surface area contributed by atoms with Crippen LogP contribution < -0.4 is 10.6 Å². The van der Waals surface area contributed by atoms with Crippen molar-refractivity contribution in [1.82, 2.24) is 9.97 Å². The lowest BCUT2D eigenvalue weighted by Crippen LogP contribution is -2.26. The van der Waals surface area contributed by atoms with E-state index in [0.29, 0.717) is 0 Å². The van der Waals surface area contributed by atoms with Gasteiger partial charge < -0.3 is 15.1 Å². The molecule has 0 aliphatic carbocycles. The molecule has 1 unspecified atom stereocenters. The maximum Gasteiger partial charge on any atom is 0.132 e. The van der Waals surface area contributed by atoms with Gasteiger partial charge in [0, 0.05) is 30.8 Å². The first-order valence-electron chi connectivity index (χ1n) is 5.68. The highest BCUT2D eigenvalue weighted by Gasteiger charge is 2.20. The molecule has 3 rings (SSSR count). The molecule has 0 spiro atoms. The Kier molecular flexibility index (Phi) is 2.53. The van der Waals surface area contributed by atoms with E-state index >= 15 is 0 Å². The van der Waals surface area contributed by atoms with Crippen LogP contribution in [0.5, 0.6) is 0 Å². The lowest BCUT2D eigenvalue weighted by atomic mass is 10.2. The number of aromatic nitrogens is 2. The van der Waals surface area contributed by atoms with Crippen molar-refractivity contribution in [2.45, 2.75) is 12.5 Å². The molecule has 2 aromatic heterocycles. The van der Waals surface area contributed by atoms with Gasteiger partial charge in [0.15, 0.2) is 0 Å². The van der Waals surface area contributed by atoms with Crippen LogP contribution in [0.2, 0.25) is 0 Å². The maximum absolute atomic E-state index is 5.90. The smallest absolute Gasteiger partial charge is 0.132 e. The van der Waals surface area contributed by atoms with Crippen LogP contribution in [0.3, 0.4) is 0 Å². The van der Waals surface area contributed by atoms with Gasteiger partial charge in [-0.05, 0) is 12.5 Å². The molecule has 0 radical (unpaired) electrons. The van der Waals surface area contributed by atoms with Gasteiger partial charge in [0.05, 0.1) is 18.2 Å². The average Bonchev–Trinajstić information content (AvgIpc) is 3.00. The third-order valence-corrected chi connectivity index (χ3v) is 3.02. The molecule has 1 saturated heterocycles. The highest BCUT2D eigenvalue weighted by Crippen LogP contribution is 2.23. The van der Waals surface area contributed by atoms with Crippen molar-refractivity contribution in [1.29, 1.82) is 0 Å². The largest absolute Gasteiger partial charge is 0.472 e. The summed E-state index contributed by atoms with van der Waals surface area (Å²) in [5.41, 5.74) is 7.74. The number of nitrogens with zero attached hydrogens (tertiary/aromatic N) is 3. The summed E-state index contributed by atoms with van der Waals surface area (Å²) >= 11 is 0. The van der Waals surface area contributed by atoms with E-state index in [0.717, 1.165) is 36.6 Å². The van der Waals surface area contributed by atoms with Gasteiger partial charge in [-0.25, -0.2) is 9.97 Å². The van der Waals surface area contributed by atoms with Crippen molar-refractivity contribution < 1.29 is 4.42 Å². The Balaban J connectivity index is 1.89. The number of hydrogen-bond acceptors (Lipinski definition) is 5. The molecule has 1 fully saturated rings. The van der Waals surface area contributed by atoms with Crippen LogP contribution in [0.4, 0.5) is 5.82 Å². The highest BCUT2D eigenvalue weighted by molar-refractivity contribution is 5.61. The van der Waals surface area contributed by atoms with E-state index in [1.165, 1.54) is 0 Å². The lowest BCUT2D eigenvalue weighted by molar-refractivity contribution is 0.568. The number of nitrogens with two attached hydrogens (primary N) is 1. The molecule has 88 valence electrons. The highest BCUT2D eigenvalue weighted by atomic mass is 16.3. The van der Waals surface area contributed by atoms with Crippen molar-refractivity contribution in [3.63, 3.8) is 0 Å². The average molecular weight is 230 g/mol. The van der Waals surface area contributed by atoms with Crippen molar-refractivity contribution in [3.05, 3.63) is 31.0 Å². The molecule has 17 heavy (non-hydrogen) atoms. The molecule has 1 aliphatic heterocycles. The molecule has 1 aliphatic rings. The van der Waals surface area contributed by atoms with E-state index in [4.69, 9.17) is 10.2 Å². The third kappa shape index (κ3) is 2.01. The first-order chi connectivity index (χ1) is 8.33. The topological polar surface area (TPSA) is 68.2 Å². The minimum absolute atomic E-state index is 0.252. The van der Waals surface area contributed by atoms with Gasteiger partial charge in [0.2, 0.25) is 0 Å². The molecule has 0 saturated carbocycles. The minimum Gasteiger partial charge on any atom is -0.472 e. The van der Waals surface area contributed by atoms with Gasteiger partial charge >= 0.3 is 0 Å². The molecular weight excluding hydrogens is 216 g/mol. The van der Waals surface area contributed by atoms with Gasteiger partial charge in [-0.15, -0.1) is 0 Å². The fourth-order valence-electron chi connectivity index (χ4n) is 2.08. The first kappa shape index (κ1) is 10.3. The molecule has 0 bridgehead atoms. The molecule has 0 amide bonds. The molecule has 5 heteroatoms. The molecule has 0 aromatic carbocycles. The van der Waals surface area contributed by atoms with E-state index in [2.05, 4.69) is 14.9 Å². The van der Waals surface area contributed by atoms with Crippen LogP contribution in [0.1, 0.15) is 6.42 Å². The lowest BCUT2D eigenvalue weighted by Gasteiger charge is -2.16. The van der Waals surface area contributed by atoms with Crippen molar-refractivity contribution in [3.8, 4) is 11.3 Å². The molecule has 2 aromatic rings. The monoisotopic (exact) mass is 230 g/mol. The second-order valence-corrected chi connectivity index (χ2v) is 4.27. The summed E-state index contributed by atoms with van der Waals surface area (Å²) < 4.78 is 5.06. The normalized spacial score (nSPS) is 19.8. The molecule has 1 atom stereocenters. The van der Waals surface area contributed by atoms with E-state index in [1.54, 1.807) is 18.9 Å². The number of anilines is 1. The van der Waals surface area contributed by atoms with E-state index in [-0.39, 0.29) is 6.04 Å². The Morgan fingerprint density at radius 2 is 2.35 bits per heavy atom. The van der Waals surface area contributed by atoms with Crippen molar-refractivity contribution in [2.24, 2.45) is 5.73 Å². The van der Waals surface area contributed by atoms with Gasteiger partial charge in [0.1, 0.15) is 12.1 Å². The summed E-state index contributed by atoms with van der Waals surface area (Å²) in [6.45, 7) is 1.82. The predicted octanol–water partition coefficient (Wildman–Crippen LogP) is 1.27. The zero-order chi connectivity index (χ0) is 11.7. The van der Waals surface area contributed by atoms with E-state index in [1.807, 2.05) is 12.1 Å². The Hall–Kier alpha value is -1.88.